The molecule has 0 aliphatic heterocycles. The highest BCUT2D eigenvalue weighted by atomic mass is 16.4. The Kier molecular flexibility index (Phi) is 8.38. The van der Waals surface area contributed by atoms with Crippen molar-refractivity contribution in [2.45, 2.75) is 20.3 Å². The van der Waals surface area contributed by atoms with Gasteiger partial charge in [0.25, 0.3) is 5.91 Å². The van der Waals surface area contributed by atoms with E-state index in [1.807, 2.05) is 0 Å². The van der Waals surface area contributed by atoms with Crippen molar-refractivity contribution in [1.82, 2.24) is 10.2 Å². The minimum atomic E-state index is -0.580. The summed E-state index contributed by atoms with van der Waals surface area (Å²) < 4.78 is 0. The molecule has 0 fully saturated rings. The van der Waals surface area contributed by atoms with Gasteiger partial charge in [0.15, 0.2) is 5.71 Å². The lowest BCUT2D eigenvalue weighted by Crippen LogP contribution is -2.38. The number of carbonyl (C=O) groups is 1. The summed E-state index contributed by atoms with van der Waals surface area (Å²) in [5, 5.41) is 27.0. The first-order valence-electron chi connectivity index (χ1n) is 7.68. The van der Waals surface area contributed by atoms with E-state index in [1.165, 1.54) is 0 Å². The molecule has 3 N–H and O–H groups in total. The highest BCUT2D eigenvalue weighted by Gasteiger charge is 2.21. The van der Waals surface area contributed by atoms with Crippen LogP contribution >= 0.6 is 0 Å². The molecule has 126 valence electrons. The third kappa shape index (κ3) is 5.71. The lowest BCUT2D eigenvalue weighted by atomic mass is 10.1. The van der Waals surface area contributed by atoms with Gasteiger partial charge in [-0.15, -0.1) is 0 Å². The number of hydrogen-bond donors (Lipinski definition) is 3. The van der Waals surface area contributed by atoms with Gasteiger partial charge in [-0.1, -0.05) is 54.5 Å². The van der Waals surface area contributed by atoms with Gasteiger partial charge in [-0.2, -0.15) is 0 Å². The molecule has 0 spiro atoms. The van der Waals surface area contributed by atoms with Crippen LogP contribution in [0.4, 0.5) is 0 Å². The predicted molar refractivity (Wildman–Crippen MR) is 89.4 cm³/mol. The molecular formula is C16H24N4O3. The summed E-state index contributed by atoms with van der Waals surface area (Å²) in [5.74, 6) is -0.580. The van der Waals surface area contributed by atoms with E-state index in [4.69, 9.17) is 10.4 Å². The van der Waals surface area contributed by atoms with E-state index >= 15 is 0 Å². The van der Waals surface area contributed by atoms with E-state index in [2.05, 4.69) is 34.4 Å². The first-order valence-corrected chi connectivity index (χ1v) is 7.68. The summed E-state index contributed by atoms with van der Waals surface area (Å²) in [5.41, 5.74) is 0.0944. The SMILES string of the molecule is CCN(CC)CCCNC(=O)C(=NO)C(=NO)c1ccccc1. The van der Waals surface area contributed by atoms with E-state index in [1.54, 1.807) is 30.3 Å². The summed E-state index contributed by atoms with van der Waals surface area (Å²) >= 11 is 0. The lowest BCUT2D eigenvalue weighted by Gasteiger charge is -2.17. The zero-order chi connectivity index (χ0) is 17.1. The normalized spacial score (nSPS) is 12.5. The zero-order valence-corrected chi connectivity index (χ0v) is 13.6. The number of nitrogens with one attached hydrogen (secondary N) is 1. The van der Waals surface area contributed by atoms with Gasteiger partial charge < -0.3 is 20.6 Å². The van der Waals surface area contributed by atoms with Gasteiger partial charge in [-0.25, -0.2) is 0 Å². The maximum atomic E-state index is 12.1. The fraction of sp³-hybridized carbons (Fsp3) is 0.438. The standard InChI is InChI=1S/C16H24N4O3/c1-3-20(4-2)12-8-11-17-16(21)15(19-23)14(18-22)13-9-6-5-7-10-13/h5-7,9-10,22-23H,3-4,8,11-12H2,1-2H3,(H,17,21). The number of rotatable bonds is 9. The molecule has 0 aliphatic carbocycles. The Hall–Kier alpha value is -2.41. The Labute approximate surface area is 136 Å². The number of carbonyl (C=O) groups excluding carboxylic acids is 1. The Morgan fingerprint density at radius 2 is 1.78 bits per heavy atom. The van der Waals surface area contributed by atoms with Gasteiger partial charge in [0, 0.05) is 12.1 Å². The molecule has 7 nitrogen and oxygen atoms in total. The molecule has 0 bridgehead atoms. The molecule has 0 aromatic heterocycles. The number of hydrogen-bond acceptors (Lipinski definition) is 6. The van der Waals surface area contributed by atoms with Crippen LogP contribution in [-0.4, -0.2) is 58.8 Å². The van der Waals surface area contributed by atoms with Gasteiger partial charge in [0.1, 0.15) is 5.71 Å². The van der Waals surface area contributed by atoms with Crippen molar-refractivity contribution in [1.29, 1.82) is 0 Å². The van der Waals surface area contributed by atoms with Gasteiger partial charge >= 0.3 is 0 Å². The molecule has 1 rings (SSSR count). The molecule has 23 heavy (non-hydrogen) atoms. The molecule has 0 saturated carbocycles. The molecular weight excluding hydrogens is 296 g/mol. The van der Waals surface area contributed by atoms with Crippen LogP contribution in [0.15, 0.2) is 40.6 Å². The van der Waals surface area contributed by atoms with Crippen molar-refractivity contribution in [3.63, 3.8) is 0 Å². The van der Waals surface area contributed by atoms with Crippen molar-refractivity contribution in [3.8, 4) is 0 Å². The molecule has 1 amide bonds. The maximum absolute atomic E-state index is 12.1. The number of benzene rings is 1. The third-order valence-corrected chi connectivity index (χ3v) is 3.52. The van der Waals surface area contributed by atoms with Gasteiger partial charge in [0.05, 0.1) is 0 Å². The van der Waals surface area contributed by atoms with Crippen LogP contribution in [0.5, 0.6) is 0 Å². The van der Waals surface area contributed by atoms with Crippen LogP contribution in [-0.2, 0) is 4.79 Å². The monoisotopic (exact) mass is 320 g/mol. The average molecular weight is 320 g/mol. The van der Waals surface area contributed by atoms with Crippen molar-refractivity contribution >= 4 is 17.3 Å². The van der Waals surface area contributed by atoms with Gasteiger partial charge in [-0.05, 0) is 26.1 Å². The molecule has 1 aromatic rings. The number of amides is 1. The van der Waals surface area contributed by atoms with E-state index < -0.39 is 5.91 Å². The maximum Gasteiger partial charge on any atom is 0.275 e. The molecule has 7 heteroatoms. The minimum Gasteiger partial charge on any atom is -0.410 e. The number of oxime groups is 2. The Morgan fingerprint density at radius 1 is 1.13 bits per heavy atom. The molecule has 1 aromatic carbocycles. The molecule has 0 atom stereocenters. The van der Waals surface area contributed by atoms with E-state index in [0.717, 1.165) is 26.1 Å². The van der Waals surface area contributed by atoms with Crippen molar-refractivity contribution < 1.29 is 15.2 Å². The summed E-state index contributed by atoms with van der Waals surface area (Å²) in [6.45, 7) is 7.41. The molecule has 0 radical (unpaired) electrons. The van der Waals surface area contributed by atoms with E-state index in [-0.39, 0.29) is 11.4 Å². The molecule has 0 unspecified atom stereocenters. The Morgan fingerprint density at radius 3 is 2.30 bits per heavy atom. The minimum absolute atomic E-state index is 0.0747. The second-order valence-corrected chi connectivity index (χ2v) is 4.90. The summed E-state index contributed by atoms with van der Waals surface area (Å²) in [7, 11) is 0. The first kappa shape index (κ1) is 18.6. The molecule has 0 saturated heterocycles. The van der Waals surface area contributed by atoms with Gasteiger partial charge in [-0.3, -0.25) is 4.79 Å². The highest BCUT2D eigenvalue weighted by Crippen LogP contribution is 2.03. The van der Waals surface area contributed by atoms with Crippen LogP contribution in [0.1, 0.15) is 25.8 Å². The fourth-order valence-corrected chi connectivity index (χ4v) is 2.17. The quantitative estimate of drug-likeness (QED) is 0.278. The molecule has 0 aliphatic rings. The highest BCUT2D eigenvalue weighted by molar-refractivity contribution is 6.69. The smallest absolute Gasteiger partial charge is 0.275 e. The van der Waals surface area contributed by atoms with Crippen LogP contribution in [0, 0.1) is 0 Å². The third-order valence-electron chi connectivity index (χ3n) is 3.52. The second-order valence-electron chi connectivity index (χ2n) is 4.90. The van der Waals surface area contributed by atoms with Crippen LogP contribution in [0.3, 0.4) is 0 Å². The van der Waals surface area contributed by atoms with Crippen molar-refractivity contribution in [3.05, 3.63) is 35.9 Å². The number of nitrogens with zero attached hydrogens (tertiary/aromatic N) is 3. The zero-order valence-electron chi connectivity index (χ0n) is 13.6. The summed E-state index contributed by atoms with van der Waals surface area (Å²) in [6, 6.07) is 8.58. The van der Waals surface area contributed by atoms with Crippen LogP contribution < -0.4 is 5.32 Å². The Balaban J connectivity index is 2.62. The molecule has 0 heterocycles. The topological polar surface area (TPSA) is 97.5 Å². The average Bonchev–Trinajstić information content (AvgIpc) is 2.60. The predicted octanol–water partition coefficient (Wildman–Crippen LogP) is 1.54. The van der Waals surface area contributed by atoms with Crippen molar-refractivity contribution in [2.75, 3.05) is 26.2 Å². The largest absolute Gasteiger partial charge is 0.410 e. The van der Waals surface area contributed by atoms with Crippen molar-refractivity contribution in [2.24, 2.45) is 10.3 Å². The van der Waals surface area contributed by atoms with Gasteiger partial charge in [0.2, 0.25) is 0 Å². The lowest BCUT2D eigenvalue weighted by molar-refractivity contribution is -0.114. The first-order chi connectivity index (χ1) is 11.2. The fourth-order valence-electron chi connectivity index (χ4n) is 2.17. The van der Waals surface area contributed by atoms with E-state index in [0.29, 0.717) is 12.1 Å². The Bertz CT molecular complexity index is 540. The van der Waals surface area contributed by atoms with Crippen LogP contribution in [0.25, 0.3) is 0 Å². The second kappa shape index (κ2) is 10.3. The van der Waals surface area contributed by atoms with Crippen LogP contribution in [0.2, 0.25) is 0 Å². The summed E-state index contributed by atoms with van der Waals surface area (Å²) in [4.78, 5) is 14.4. The van der Waals surface area contributed by atoms with E-state index in [9.17, 15) is 4.79 Å². The summed E-state index contributed by atoms with van der Waals surface area (Å²) in [6.07, 6.45) is 0.781.